The number of hydrogen-bond acceptors (Lipinski definition) is 2. The van der Waals surface area contributed by atoms with E-state index < -0.39 is 0 Å². The molecule has 0 N–H and O–H groups in total. The predicted molar refractivity (Wildman–Crippen MR) is 258 cm³/mol. The van der Waals surface area contributed by atoms with Crippen LogP contribution in [0.2, 0.25) is 0 Å². The molecule has 0 bridgehead atoms. The number of para-hydroxylation sites is 2. The molecule has 0 amide bonds. The van der Waals surface area contributed by atoms with Gasteiger partial charge in [0.05, 0.1) is 11.6 Å². The highest BCUT2D eigenvalue weighted by molar-refractivity contribution is 6.19. The van der Waals surface area contributed by atoms with Gasteiger partial charge in [0.25, 0.3) is 0 Å². The molecule has 2 aromatic heterocycles. The quantitative estimate of drug-likeness (QED) is 0.160. The molecule has 3 nitrogen and oxygen atoms in total. The maximum absolute atomic E-state index is 7.00. The Balaban J connectivity index is 1.08. The molecule has 300 valence electrons. The first kappa shape index (κ1) is 37.4. The second kappa shape index (κ2) is 15.2. The third-order valence-corrected chi connectivity index (χ3v) is 13.8. The van der Waals surface area contributed by atoms with Crippen molar-refractivity contribution in [3.05, 3.63) is 204 Å². The fourth-order valence-corrected chi connectivity index (χ4v) is 10.8. The molecule has 7 aromatic rings. The van der Waals surface area contributed by atoms with Crippen molar-refractivity contribution in [2.75, 3.05) is 4.90 Å². The van der Waals surface area contributed by atoms with E-state index in [1.165, 1.54) is 72.0 Å². The number of rotatable bonds is 7. The molecular formula is C58H52N2O. The molecule has 5 aromatic carbocycles. The summed E-state index contributed by atoms with van der Waals surface area (Å²) in [5.74, 6) is 1.46. The third-order valence-electron chi connectivity index (χ3n) is 13.8. The Morgan fingerprint density at radius 2 is 1.36 bits per heavy atom. The van der Waals surface area contributed by atoms with Crippen LogP contribution in [0.5, 0.6) is 0 Å². The Hall–Kier alpha value is -6.58. The van der Waals surface area contributed by atoms with Crippen LogP contribution >= 0.6 is 0 Å². The van der Waals surface area contributed by atoms with E-state index >= 15 is 0 Å². The third kappa shape index (κ3) is 6.33. The standard InChI is InChI=1S/C58H52N2O/c1-37-16-11-12-22-47(37)43-28-32-48(39(3)34-43)51-36-52-49-23-13-14-25-54(49)61-58(52)57-55(51)50-24-15-17-38(2)56(50)60(57)53-33-31-46(35-40(53)4)59(44-20-9-6-10-21-44)45-29-26-42(27-30-45)41-18-7-5-8-19-41/h5-15,18-33,35-40,53H,16-17,34H2,1-4H3. The van der Waals surface area contributed by atoms with Gasteiger partial charge >= 0.3 is 0 Å². The highest BCUT2D eigenvalue weighted by Crippen LogP contribution is 2.51. The van der Waals surface area contributed by atoms with Crippen LogP contribution in [0.25, 0.3) is 55.6 Å². The van der Waals surface area contributed by atoms with E-state index in [9.17, 15) is 0 Å². The van der Waals surface area contributed by atoms with Gasteiger partial charge in [-0.25, -0.2) is 0 Å². The molecular weight excluding hydrogens is 741 g/mol. The minimum Gasteiger partial charge on any atom is -0.454 e. The van der Waals surface area contributed by atoms with Gasteiger partial charge < -0.3 is 13.9 Å². The molecule has 3 heteroatoms. The zero-order chi connectivity index (χ0) is 41.2. The molecule has 0 aliphatic heterocycles. The average molecular weight is 793 g/mol. The van der Waals surface area contributed by atoms with Gasteiger partial charge in [0.1, 0.15) is 5.58 Å². The van der Waals surface area contributed by atoms with E-state index in [0.717, 1.165) is 41.8 Å². The van der Waals surface area contributed by atoms with E-state index in [4.69, 9.17) is 4.42 Å². The molecule has 11 rings (SSSR count). The Morgan fingerprint density at radius 3 is 2.13 bits per heavy atom. The summed E-state index contributed by atoms with van der Waals surface area (Å²) in [5.41, 5.74) is 17.5. The molecule has 0 spiro atoms. The summed E-state index contributed by atoms with van der Waals surface area (Å²) >= 11 is 0. The largest absolute Gasteiger partial charge is 0.454 e. The summed E-state index contributed by atoms with van der Waals surface area (Å²) < 4.78 is 9.70. The fourth-order valence-electron chi connectivity index (χ4n) is 10.8. The van der Waals surface area contributed by atoms with E-state index in [0.29, 0.717) is 17.8 Å². The highest BCUT2D eigenvalue weighted by Gasteiger charge is 2.34. The molecule has 0 saturated heterocycles. The van der Waals surface area contributed by atoms with E-state index in [1.54, 1.807) is 0 Å². The summed E-state index contributed by atoms with van der Waals surface area (Å²) in [6.07, 6.45) is 27.0. The lowest BCUT2D eigenvalue weighted by Gasteiger charge is -2.33. The molecule has 5 unspecified atom stereocenters. The molecule has 0 fully saturated rings. The van der Waals surface area contributed by atoms with Crippen LogP contribution in [0.1, 0.15) is 75.7 Å². The van der Waals surface area contributed by atoms with Gasteiger partial charge in [-0.2, -0.15) is 0 Å². The van der Waals surface area contributed by atoms with Crippen molar-refractivity contribution in [1.29, 1.82) is 0 Å². The van der Waals surface area contributed by atoms with E-state index in [2.05, 4.69) is 213 Å². The zero-order valence-corrected chi connectivity index (χ0v) is 35.6. The molecule has 2 heterocycles. The fraction of sp³-hybridized carbons (Fsp3) is 0.207. The summed E-state index contributed by atoms with van der Waals surface area (Å²) in [6.45, 7) is 9.60. The van der Waals surface area contributed by atoms with Crippen molar-refractivity contribution in [3.8, 4) is 11.1 Å². The number of allylic oxidation sites excluding steroid dienone is 12. The number of hydrogen-bond donors (Lipinski definition) is 0. The lowest BCUT2D eigenvalue weighted by molar-refractivity contribution is 0.470. The minimum atomic E-state index is 0.0886. The maximum atomic E-state index is 7.00. The average Bonchev–Trinajstić information content (AvgIpc) is 3.84. The van der Waals surface area contributed by atoms with Crippen molar-refractivity contribution in [2.45, 2.75) is 58.9 Å². The second-order valence-corrected chi connectivity index (χ2v) is 17.8. The van der Waals surface area contributed by atoms with Crippen molar-refractivity contribution < 1.29 is 4.42 Å². The first-order valence-electron chi connectivity index (χ1n) is 22.3. The summed E-state index contributed by atoms with van der Waals surface area (Å²) in [4.78, 5) is 2.40. The van der Waals surface area contributed by atoms with Crippen LogP contribution in [0.4, 0.5) is 11.4 Å². The van der Waals surface area contributed by atoms with Crippen molar-refractivity contribution in [1.82, 2.24) is 4.57 Å². The monoisotopic (exact) mass is 792 g/mol. The molecule has 4 aliphatic rings. The Labute approximate surface area is 359 Å². The topological polar surface area (TPSA) is 21.3 Å². The zero-order valence-electron chi connectivity index (χ0n) is 35.6. The number of anilines is 2. The lowest BCUT2D eigenvalue weighted by atomic mass is 9.77. The van der Waals surface area contributed by atoms with Crippen LogP contribution in [0.3, 0.4) is 0 Å². The normalized spacial score (nSPS) is 22.3. The number of nitrogens with zero attached hydrogens (tertiary/aromatic N) is 2. The van der Waals surface area contributed by atoms with Crippen molar-refractivity contribution >= 4 is 55.9 Å². The van der Waals surface area contributed by atoms with E-state index in [1.807, 2.05) is 0 Å². The highest BCUT2D eigenvalue weighted by atomic mass is 16.3. The predicted octanol–water partition coefficient (Wildman–Crippen LogP) is 16.1. The summed E-state index contributed by atoms with van der Waals surface area (Å²) in [7, 11) is 0. The van der Waals surface area contributed by atoms with Crippen LogP contribution in [-0.4, -0.2) is 4.57 Å². The van der Waals surface area contributed by atoms with Crippen LogP contribution in [0, 0.1) is 17.8 Å². The smallest absolute Gasteiger partial charge is 0.159 e. The van der Waals surface area contributed by atoms with Gasteiger partial charge in [-0.05, 0) is 107 Å². The van der Waals surface area contributed by atoms with Gasteiger partial charge in [0, 0.05) is 56.3 Å². The Morgan fingerprint density at radius 1 is 0.639 bits per heavy atom. The second-order valence-electron chi connectivity index (χ2n) is 17.8. The molecule has 5 atom stereocenters. The number of furan rings is 1. The van der Waals surface area contributed by atoms with Gasteiger partial charge in [-0.15, -0.1) is 0 Å². The first-order chi connectivity index (χ1) is 29.9. The Bertz CT molecular complexity index is 3050. The molecule has 0 saturated carbocycles. The number of aromatic nitrogens is 1. The lowest BCUT2D eigenvalue weighted by Crippen LogP contribution is -2.24. The summed E-state index contributed by atoms with van der Waals surface area (Å²) in [5, 5.41) is 3.70. The van der Waals surface area contributed by atoms with Gasteiger partial charge in [-0.1, -0.05) is 161 Å². The van der Waals surface area contributed by atoms with Crippen molar-refractivity contribution in [2.24, 2.45) is 17.8 Å². The van der Waals surface area contributed by atoms with Crippen LogP contribution in [0.15, 0.2) is 191 Å². The molecule has 4 aliphatic carbocycles. The maximum Gasteiger partial charge on any atom is 0.159 e. The first-order valence-corrected chi connectivity index (χ1v) is 22.3. The van der Waals surface area contributed by atoms with E-state index in [-0.39, 0.29) is 12.0 Å². The van der Waals surface area contributed by atoms with Gasteiger partial charge in [-0.3, -0.25) is 0 Å². The van der Waals surface area contributed by atoms with Crippen LogP contribution < -0.4 is 4.90 Å². The van der Waals surface area contributed by atoms with Crippen molar-refractivity contribution in [3.63, 3.8) is 0 Å². The minimum absolute atomic E-state index is 0.0886. The SMILES string of the molecule is CC1CC=CC=C1C1=CC=C(c2cc3c4ccccc4oc3c3c2c2c(n3C3C=CC(N(c4ccccc4)c4ccc(-c5ccccc5)cc4)=CC3C)C(C)CC=C2)C(C)C1. The van der Waals surface area contributed by atoms with Gasteiger partial charge in [0.15, 0.2) is 5.58 Å². The number of benzene rings is 5. The Kier molecular flexibility index (Phi) is 9.30. The molecule has 61 heavy (non-hydrogen) atoms. The number of fused-ring (bicyclic) bond motifs is 7. The van der Waals surface area contributed by atoms with Gasteiger partial charge in [0.2, 0.25) is 0 Å². The molecule has 0 radical (unpaired) electrons. The van der Waals surface area contributed by atoms with Crippen LogP contribution in [-0.2, 0) is 0 Å². The summed E-state index contributed by atoms with van der Waals surface area (Å²) in [6, 6.07) is 41.6.